The van der Waals surface area contributed by atoms with Gasteiger partial charge in [-0.25, -0.2) is 0 Å². The highest BCUT2D eigenvalue weighted by molar-refractivity contribution is 6.21. The van der Waals surface area contributed by atoms with E-state index in [1.165, 1.54) is 99.1 Å². The third-order valence-corrected chi connectivity index (χ3v) is 9.49. The largest absolute Gasteiger partial charge is 0.344 e. The molecule has 0 saturated heterocycles. The lowest BCUT2D eigenvalue weighted by atomic mass is 9.78. The molecule has 2 nitrogen and oxygen atoms in total. The molecule has 2 heteroatoms. The number of hydrogen-bond acceptors (Lipinski definition) is 2. The Kier molecular flexibility index (Phi) is 8.73. The minimum Gasteiger partial charge on any atom is -0.344 e. The Morgan fingerprint density at radius 2 is 0.542 bits per heavy atom. The Morgan fingerprint density at radius 3 is 0.833 bits per heavy atom. The minimum absolute atomic E-state index is 0. The molecule has 48 heavy (non-hydrogen) atoms. The summed E-state index contributed by atoms with van der Waals surface area (Å²) in [5.41, 5.74) is 15.1. The zero-order valence-electron chi connectivity index (χ0n) is 28.3. The van der Waals surface area contributed by atoms with Crippen LogP contribution in [0, 0.1) is 27.7 Å². The van der Waals surface area contributed by atoms with Crippen molar-refractivity contribution in [1.29, 1.82) is 0 Å². The van der Waals surface area contributed by atoms with Gasteiger partial charge in [0.15, 0.2) is 0 Å². The predicted molar refractivity (Wildman–Crippen MR) is 210 cm³/mol. The monoisotopic (exact) mass is 622 g/mol. The second-order valence-electron chi connectivity index (χ2n) is 12.9. The molecule has 236 valence electrons. The van der Waals surface area contributed by atoms with Gasteiger partial charge < -0.3 is 12.3 Å². The average Bonchev–Trinajstić information content (AvgIpc) is 3.07. The summed E-state index contributed by atoms with van der Waals surface area (Å²) in [7, 11) is 0. The van der Waals surface area contributed by atoms with Gasteiger partial charge in [0.05, 0.1) is 0 Å². The molecule has 0 radical (unpaired) electrons. The van der Waals surface area contributed by atoms with Crippen molar-refractivity contribution in [1.82, 2.24) is 12.3 Å². The van der Waals surface area contributed by atoms with Crippen molar-refractivity contribution in [2.24, 2.45) is 0 Å². The molecule has 0 spiro atoms. The highest BCUT2D eigenvalue weighted by Gasteiger charge is 2.24. The molecule has 0 bridgehead atoms. The van der Waals surface area contributed by atoms with Crippen LogP contribution < -0.4 is 12.3 Å². The molecule has 0 heterocycles. The molecule has 8 aromatic rings. The third kappa shape index (κ3) is 5.66. The molecular formula is C46H42N2. The van der Waals surface area contributed by atoms with Crippen LogP contribution in [0.3, 0.4) is 0 Å². The second kappa shape index (κ2) is 12.9. The third-order valence-electron chi connectivity index (χ3n) is 9.49. The summed E-state index contributed by atoms with van der Waals surface area (Å²) in [5.74, 6) is 0. The highest BCUT2D eigenvalue weighted by Crippen LogP contribution is 2.51. The van der Waals surface area contributed by atoms with Crippen LogP contribution in [0.25, 0.3) is 76.8 Å². The van der Waals surface area contributed by atoms with Gasteiger partial charge in [-0.2, -0.15) is 0 Å². The van der Waals surface area contributed by atoms with E-state index >= 15 is 0 Å². The van der Waals surface area contributed by atoms with E-state index < -0.39 is 0 Å². The molecule has 8 rings (SSSR count). The minimum atomic E-state index is 0. The number of hydrogen-bond donors (Lipinski definition) is 2. The SMILES string of the molecule is Cc1ccc(-c2c(-c3ccc(C)cc3)c(-c3ccc(C)cc3)c3cc4cc5ccccc5cc4cc3c2-c2ccc(C)cc2)cc1.N.N. The summed E-state index contributed by atoms with van der Waals surface area (Å²) in [5, 5.41) is 7.59. The van der Waals surface area contributed by atoms with Crippen molar-refractivity contribution >= 4 is 32.3 Å². The summed E-state index contributed by atoms with van der Waals surface area (Å²) in [4.78, 5) is 0. The Balaban J connectivity index is 0.00000201. The molecule has 0 unspecified atom stereocenters. The van der Waals surface area contributed by atoms with Gasteiger partial charge in [-0.3, -0.25) is 0 Å². The van der Waals surface area contributed by atoms with E-state index in [0.717, 1.165) is 0 Å². The van der Waals surface area contributed by atoms with Crippen molar-refractivity contribution in [3.8, 4) is 44.5 Å². The standard InChI is InChI=1S/C46H36.2H3N/c1-29-9-17-33(18-10-29)43-41-27-39-25-37-7-5-6-8-38(37)26-40(39)28-42(41)44(34-19-11-30(2)12-20-34)46(36-23-15-32(4)16-24-36)45(43)35-21-13-31(3)14-22-35;;/h5-28H,1-4H3;2*1H3. The van der Waals surface area contributed by atoms with E-state index in [-0.39, 0.29) is 12.3 Å². The van der Waals surface area contributed by atoms with Crippen LogP contribution >= 0.6 is 0 Å². The maximum atomic E-state index is 2.45. The highest BCUT2D eigenvalue weighted by atomic mass is 14.3. The topological polar surface area (TPSA) is 70.0 Å². The second-order valence-corrected chi connectivity index (χ2v) is 12.9. The number of benzene rings is 8. The van der Waals surface area contributed by atoms with Crippen molar-refractivity contribution in [3.05, 3.63) is 168 Å². The molecule has 0 fully saturated rings. The van der Waals surface area contributed by atoms with Gasteiger partial charge in [-0.1, -0.05) is 144 Å². The van der Waals surface area contributed by atoms with Gasteiger partial charge in [0, 0.05) is 0 Å². The van der Waals surface area contributed by atoms with Crippen LogP contribution in [0.2, 0.25) is 0 Å². The predicted octanol–water partition coefficient (Wildman–Crippen LogP) is 13.4. The molecule has 0 saturated carbocycles. The maximum absolute atomic E-state index is 2.45. The van der Waals surface area contributed by atoms with Gasteiger partial charge in [-0.05, 0) is 129 Å². The van der Waals surface area contributed by atoms with Crippen LogP contribution in [0.15, 0.2) is 146 Å². The Hall–Kier alpha value is -5.54. The first-order chi connectivity index (χ1) is 22.4. The molecule has 0 aromatic heterocycles. The lowest BCUT2D eigenvalue weighted by Gasteiger charge is -2.25. The Labute approximate surface area is 283 Å². The van der Waals surface area contributed by atoms with Crippen molar-refractivity contribution in [3.63, 3.8) is 0 Å². The first-order valence-electron chi connectivity index (χ1n) is 16.2. The molecule has 8 aromatic carbocycles. The first-order valence-corrected chi connectivity index (χ1v) is 16.2. The van der Waals surface area contributed by atoms with Crippen LogP contribution in [0.5, 0.6) is 0 Å². The van der Waals surface area contributed by atoms with Crippen LogP contribution in [0.4, 0.5) is 0 Å². The molecule has 0 aliphatic heterocycles. The van der Waals surface area contributed by atoms with Crippen LogP contribution in [0.1, 0.15) is 22.3 Å². The quantitative estimate of drug-likeness (QED) is 0.192. The fourth-order valence-corrected chi connectivity index (χ4v) is 6.98. The van der Waals surface area contributed by atoms with Crippen molar-refractivity contribution in [2.45, 2.75) is 27.7 Å². The van der Waals surface area contributed by atoms with E-state index in [1.54, 1.807) is 0 Å². The lowest BCUT2D eigenvalue weighted by molar-refractivity contribution is 1.45. The van der Waals surface area contributed by atoms with Gasteiger partial charge in [0.1, 0.15) is 0 Å². The number of rotatable bonds is 4. The van der Waals surface area contributed by atoms with Gasteiger partial charge in [0.25, 0.3) is 0 Å². The zero-order chi connectivity index (χ0) is 31.4. The molecule has 0 atom stereocenters. The summed E-state index contributed by atoms with van der Waals surface area (Å²) in [6.45, 7) is 8.67. The van der Waals surface area contributed by atoms with Crippen LogP contribution in [-0.2, 0) is 0 Å². The fraction of sp³-hybridized carbons (Fsp3) is 0.0870. The normalized spacial score (nSPS) is 11.0. The fourth-order valence-electron chi connectivity index (χ4n) is 6.98. The summed E-state index contributed by atoms with van der Waals surface area (Å²) < 4.78 is 0. The van der Waals surface area contributed by atoms with Gasteiger partial charge >= 0.3 is 0 Å². The van der Waals surface area contributed by atoms with E-state index in [1.807, 2.05) is 0 Å². The average molecular weight is 623 g/mol. The lowest BCUT2D eigenvalue weighted by Crippen LogP contribution is -1.98. The number of fused-ring (bicyclic) bond motifs is 3. The number of aryl methyl sites for hydroxylation is 4. The van der Waals surface area contributed by atoms with Crippen LogP contribution in [-0.4, -0.2) is 0 Å². The van der Waals surface area contributed by atoms with Gasteiger partial charge in [0.2, 0.25) is 0 Å². The molecule has 0 aliphatic carbocycles. The first kappa shape index (κ1) is 32.4. The van der Waals surface area contributed by atoms with E-state index in [4.69, 9.17) is 0 Å². The van der Waals surface area contributed by atoms with Crippen molar-refractivity contribution < 1.29 is 0 Å². The van der Waals surface area contributed by atoms with Crippen molar-refractivity contribution in [2.75, 3.05) is 0 Å². The van der Waals surface area contributed by atoms with E-state index in [9.17, 15) is 0 Å². The maximum Gasteiger partial charge on any atom is -0.00141 e. The van der Waals surface area contributed by atoms with E-state index in [2.05, 4.69) is 173 Å². The summed E-state index contributed by atoms with van der Waals surface area (Å²) in [6, 6.07) is 54.7. The molecular weight excluding hydrogens is 581 g/mol. The van der Waals surface area contributed by atoms with Gasteiger partial charge in [-0.15, -0.1) is 0 Å². The Morgan fingerprint density at radius 1 is 0.271 bits per heavy atom. The summed E-state index contributed by atoms with van der Waals surface area (Å²) >= 11 is 0. The summed E-state index contributed by atoms with van der Waals surface area (Å²) in [6.07, 6.45) is 0. The smallest absolute Gasteiger partial charge is 0.00141 e. The van der Waals surface area contributed by atoms with E-state index in [0.29, 0.717) is 0 Å². The molecule has 6 N–H and O–H groups in total. The molecule has 0 amide bonds. The molecule has 0 aliphatic rings. The Bertz CT molecular complexity index is 2230. The zero-order valence-corrected chi connectivity index (χ0v) is 28.3.